The van der Waals surface area contributed by atoms with Crippen LogP contribution in [0.3, 0.4) is 0 Å². The van der Waals surface area contributed by atoms with Crippen LogP contribution >= 0.6 is 11.6 Å². The van der Waals surface area contributed by atoms with Gasteiger partial charge in [-0.3, -0.25) is 9.36 Å². The minimum Gasteiger partial charge on any atom is -0.408 e. The summed E-state index contributed by atoms with van der Waals surface area (Å²) in [6.45, 7) is 2.25. The van der Waals surface area contributed by atoms with Crippen molar-refractivity contribution in [2.24, 2.45) is 0 Å². The van der Waals surface area contributed by atoms with Crippen LogP contribution in [0.1, 0.15) is 18.4 Å². The molecule has 2 heterocycles. The molecule has 0 bridgehead atoms. The monoisotopic (exact) mass is 413 g/mol. The van der Waals surface area contributed by atoms with Crippen molar-refractivity contribution in [3.05, 3.63) is 69.7 Å². The van der Waals surface area contributed by atoms with Gasteiger partial charge in [0.15, 0.2) is 5.58 Å². The number of hydrogen-bond acceptors (Lipinski definition) is 4. The highest BCUT2D eigenvalue weighted by Crippen LogP contribution is 2.23. The van der Waals surface area contributed by atoms with Crippen molar-refractivity contribution in [2.45, 2.75) is 32.0 Å². The number of benzene rings is 2. The number of carbonyl (C=O) groups excluding carboxylic acids is 1. The standard InChI is InChI=1S/C22H24ClN3O3/c1-24-12-10-17(11-13-24)25(14-16-6-2-3-7-18(16)23)21(27)15-26-19-8-4-5-9-20(19)29-22(26)28/h2-9,17H,10-15H2,1H3. The van der Waals surface area contributed by atoms with Crippen LogP contribution < -0.4 is 5.76 Å². The molecule has 1 aromatic heterocycles. The number of likely N-dealkylation sites (tertiary alicyclic amines) is 1. The number of rotatable bonds is 5. The van der Waals surface area contributed by atoms with Gasteiger partial charge in [0.05, 0.1) is 5.52 Å². The summed E-state index contributed by atoms with van der Waals surface area (Å²) < 4.78 is 6.69. The molecule has 6 nitrogen and oxygen atoms in total. The fourth-order valence-electron chi connectivity index (χ4n) is 3.93. The molecular weight excluding hydrogens is 390 g/mol. The molecule has 4 rings (SSSR count). The van der Waals surface area contributed by atoms with Crippen molar-refractivity contribution < 1.29 is 9.21 Å². The van der Waals surface area contributed by atoms with Gasteiger partial charge in [-0.25, -0.2) is 4.79 Å². The van der Waals surface area contributed by atoms with Crippen LogP contribution in [0.4, 0.5) is 0 Å². The fraction of sp³-hybridized carbons (Fsp3) is 0.364. The van der Waals surface area contributed by atoms with Gasteiger partial charge < -0.3 is 14.2 Å². The van der Waals surface area contributed by atoms with E-state index in [2.05, 4.69) is 11.9 Å². The summed E-state index contributed by atoms with van der Waals surface area (Å²) in [7, 11) is 2.09. The second-order valence-electron chi connectivity index (χ2n) is 7.57. The molecule has 0 saturated carbocycles. The smallest absolute Gasteiger partial charge is 0.408 e. The first kappa shape index (κ1) is 19.7. The number of hydrogen-bond donors (Lipinski definition) is 0. The summed E-state index contributed by atoms with van der Waals surface area (Å²) in [6.07, 6.45) is 1.79. The van der Waals surface area contributed by atoms with Gasteiger partial charge in [-0.2, -0.15) is 0 Å². The molecule has 2 aromatic carbocycles. The zero-order valence-corrected chi connectivity index (χ0v) is 17.1. The Bertz CT molecular complexity index is 1070. The Hall–Kier alpha value is -2.57. The van der Waals surface area contributed by atoms with Crippen LogP contribution in [0.5, 0.6) is 0 Å². The summed E-state index contributed by atoms with van der Waals surface area (Å²) in [5.74, 6) is -0.617. The van der Waals surface area contributed by atoms with E-state index in [1.54, 1.807) is 18.2 Å². The molecule has 0 aliphatic carbocycles. The zero-order chi connectivity index (χ0) is 20.4. The number of para-hydroxylation sites is 2. The van der Waals surface area contributed by atoms with Gasteiger partial charge in [-0.15, -0.1) is 0 Å². The number of halogens is 1. The molecule has 0 unspecified atom stereocenters. The molecule has 0 N–H and O–H groups in total. The van der Waals surface area contributed by atoms with Gasteiger partial charge in [0.25, 0.3) is 0 Å². The van der Waals surface area contributed by atoms with E-state index >= 15 is 0 Å². The fourth-order valence-corrected chi connectivity index (χ4v) is 4.12. The summed E-state index contributed by atoms with van der Waals surface area (Å²) in [6, 6.07) is 14.9. The van der Waals surface area contributed by atoms with Gasteiger partial charge in [-0.1, -0.05) is 41.9 Å². The molecule has 3 aromatic rings. The lowest BCUT2D eigenvalue weighted by Gasteiger charge is -2.37. The number of fused-ring (bicyclic) bond motifs is 1. The highest BCUT2D eigenvalue weighted by molar-refractivity contribution is 6.31. The molecule has 1 aliphatic heterocycles. The lowest BCUT2D eigenvalue weighted by molar-refractivity contribution is -0.136. The molecule has 1 aliphatic rings. The average Bonchev–Trinajstić information content (AvgIpc) is 3.03. The van der Waals surface area contributed by atoms with Crippen LogP contribution in [-0.2, 0) is 17.9 Å². The van der Waals surface area contributed by atoms with Crippen LogP contribution in [0.15, 0.2) is 57.7 Å². The Labute approximate surface area is 174 Å². The Balaban J connectivity index is 1.62. The van der Waals surface area contributed by atoms with Crippen molar-refractivity contribution >= 4 is 28.6 Å². The third kappa shape index (κ3) is 4.23. The molecule has 0 radical (unpaired) electrons. The Morgan fingerprint density at radius 1 is 1.14 bits per heavy atom. The van der Waals surface area contributed by atoms with Crippen molar-refractivity contribution in [3.8, 4) is 0 Å². The van der Waals surface area contributed by atoms with Gasteiger partial charge >= 0.3 is 5.76 Å². The average molecular weight is 414 g/mol. The normalized spacial score (nSPS) is 15.7. The molecule has 0 spiro atoms. The largest absolute Gasteiger partial charge is 0.420 e. The van der Waals surface area contributed by atoms with E-state index in [1.807, 2.05) is 35.2 Å². The van der Waals surface area contributed by atoms with Crippen molar-refractivity contribution in [1.29, 1.82) is 0 Å². The molecule has 152 valence electrons. The van der Waals surface area contributed by atoms with Crippen LogP contribution in [0, 0.1) is 0 Å². The Morgan fingerprint density at radius 2 is 1.83 bits per heavy atom. The maximum atomic E-state index is 13.4. The van der Waals surface area contributed by atoms with Crippen molar-refractivity contribution in [2.75, 3.05) is 20.1 Å². The van der Waals surface area contributed by atoms with Gasteiger partial charge in [0.2, 0.25) is 5.91 Å². The van der Waals surface area contributed by atoms with Crippen LogP contribution in [0.2, 0.25) is 5.02 Å². The van der Waals surface area contributed by atoms with E-state index in [4.69, 9.17) is 16.0 Å². The Kier molecular flexibility index (Phi) is 5.74. The third-order valence-electron chi connectivity index (χ3n) is 5.61. The second-order valence-corrected chi connectivity index (χ2v) is 7.98. The lowest BCUT2D eigenvalue weighted by Crippen LogP contribution is -2.47. The predicted molar refractivity (Wildman–Crippen MR) is 113 cm³/mol. The maximum Gasteiger partial charge on any atom is 0.420 e. The number of piperidine rings is 1. The summed E-state index contributed by atoms with van der Waals surface area (Å²) in [5.41, 5.74) is 2.03. The first-order chi connectivity index (χ1) is 14.0. The first-order valence-corrected chi connectivity index (χ1v) is 10.2. The van der Waals surface area contributed by atoms with E-state index in [-0.39, 0.29) is 18.5 Å². The van der Waals surface area contributed by atoms with Gasteiger partial charge in [-0.05, 0) is 56.7 Å². The summed E-state index contributed by atoms with van der Waals surface area (Å²) >= 11 is 6.36. The minimum absolute atomic E-state index is 0.0490. The number of oxazole rings is 1. The minimum atomic E-state index is -0.513. The van der Waals surface area contributed by atoms with Crippen molar-refractivity contribution in [1.82, 2.24) is 14.4 Å². The third-order valence-corrected chi connectivity index (χ3v) is 5.98. The second kappa shape index (κ2) is 8.43. The van der Waals surface area contributed by atoms with E-state index in [1.165, 1.54) is 4.57 Å². The highest BCUT2D eigenvalue weighted by Gasteiger charge is 2.28. The molecule has 1 amide bonds. The van der Waals surface area contributed by atoms with E-state index in [0.717, 1.165) is 31.5 Å². The van der Waals surface area contributed by atoms with Gasteiger partial charge in [0.1, 0.15) is 6.54 Å². The summed E-state index contributed by atoms with van der Waals surface area (Å²) in [4.78, 5) is 29.8. The van der Waals surface area contributed by atoms with Crippen molar-refractivity contribution in [3.63, 3.8) is 0 Å². The lowest BCUT2D eigenvalue weighted by atomic mass is 10.0. The molecule has 1 saturated heterocycles. The molecule has 7 heteroatoms. The van der Waals surface area contributed by atoms with Crippen LogP contribution in [0.25, 0.3) is 11.1 Å². The Morgan fingerprint density at radius 3 is 2.59 bits per heavy atom. The maximum absolute atomic E-state index is 13.4. The first-order valence-electron chi connectivity index (χ1n) is 9.82. The number of amides is 1. The van der Waals surface area contributed by atoms with Gasteiger partial charge in [0, 0.05) is 17.6 Å². The topological polar surface area (TPSA) is 58.7 Å². The summed E-state index contributed by atoms with van der Waals surface area (Å²) in [5, 5.41) is 0.643. The molecule has 0 atom stereocenters. The SMILES string of the molecule is CN1CCC(N(Cc2ccccc2Cl)C(=O)Cn2c(=O)oc3ccccc32)CC1. The molecule has 1 fully saturated rings. The quantitative estimate of drug-likeness (QED) is 0.643. The van der Waals surface area contributed by atoms with E-state index in [0.29, 0.717) is 22.7 Å². The molecular formula is C22H24ClN3O3. The molecule has 29 heavy (non-hydrogen) atoms. The number of nitrogens with zero attached hydrogens (tertiary/aromatic N) is 3. The number of aromatic nitrogens is 1. The predicted octanol–water partition coefficient (Wildman–Crippen LogP) is 3.37. The van der Waals surface area contributed by atoms with Crippen LogP contribution in [-0.4, -0.2) is 46.5 Å². The highest BCUT2D eigenvalue weighted by atomic mass is 35.5. The number of carbonyl (C=O) groups is 1. The van der Waals surface area contributed by atoms with E-state index < -0.39 is 5.76 Å². The zero-order valence-electron chi connectivity index (χ0n) is 16.4. The van der Waals surface area contributed by atoms with E-state index in [9.17, 15) is 9.59 Å².